The van der Waals surface area contributed by atoms with Crippen molar-refractivity contribution in [2.45, 2.75) is 60.8 Å². The predicted molar refractivity (Wildman–Crippen MR) is 86.0 cm³/mol. The molecule has 0 aliphatic rings. The van der Waals surface area contributed by atoms with Gasteiger partial charge in [-0.3, -0.25) is 4.98 Å². The monoisotopic (exact) mass is 265 g/mol. The average Bonchev–Trinajstić information content (AvgIpc) is 2.44. The second kappa shape index (κ2) is 14.7. The highest BCUT2D eigenvalue weighted by molar-refractivity contribution is 5.27. The van der Waals surface area contributed by atoms with Crippen molar-refractivity contribution in [3.63, 3.8) is 0 Å². The van der Waals surface area contributed by atoms with Crippen LogP contribution in [0.4, 0.5) is 0 Å². The van der Waals surface area contributed by atoms with Crippen LogP contribution in [0.15, 0.2) is 24.8 Å². The van der Waals surface area contributed by atoms with Crippen LogP contribution in [0.25, 0.3) is 0 Å². The topological polar surface area (TPSA) is 22.1 Å². The molecular weight excluding hydrogens is 234 g/mol. The lowest BCUT2D eigenvalue weighted by molar-refractivity contribution is 0.306. The first-order valence-electron chi connectivity index (χ1n) is 7.33. The van der Waals surface area contributed by atoms with E-state index >= 15 is 0 Å². The van der Waals surface area contributed by atoms with Crippen LogP contribution in [-0.4, -0.2) is 11.6 Å². The Kier molecular flexibility index (Phi) is 15.5. The van der Waals surface area contributed by atoms with Crippen LogP contribution in [0, 0.1) is 13.8 Å². The van der Waals surface area contributed by atoms with E-state index in [4.69, 9.17) is 4.74 Å². The first-order valence-corrected chi connectivity index (χ1v) is 7.33. The minimum atomic E-state index is 0.794. The summed E-state index contributed by atoms with van der Waals surface area (Å²) in [5, 5.41) is 0. The number of hydrogen-bond acceptors (Lipinski definition) is 2. The summed E-state index contributed by atoms with van der Waals surface area (Å²) in [5.41, 5.74) is 2.02. The molecule has 0 saturated carbocycles. The fourth-order valence-corrected chi connectivity index (χ4v) is 1.15. The SMILES string of the molecule is C=CCC.CC.CCCCOc1ccc(C)nc1C. The Balaban J connectivity index is 0. The van der Waals surface area contributed by atoms with Gasteiger partial charge in [0.05, 0.1) is 12.3 Å². The van der Waals surface area contributed by atoms with Crippen molar-refractivity contribution in [3.05, 3.63) is 36.2 Å². The van der Waals surface area contributed by atoms with Crippen LogP contribution >= 0.6 is 0 Å². The van der Waals surface area contributed by atoms with E-state index in [9.17, 15) is 0 Å². The normalized spacial score (nSPS) is 8.53. The molecule has 1 rings (SSSR count). The molecule has 19 heavy (non-hydrogen) atoms. The molecule has 0 N–H and O–H groups in total. The summed E-state index contributed by atoms with van der Waals surface area (Å²) in [4.78, 5) is 4.33. The largest absolute Gasteiger partial charge is 0.492 e. The molecule has 1 aromatic rings. The molecule has 0 aliphatic heterocycles. The van der Waals surface area contributed by atoms with E-state index in [0.29, 0.717) is 0 Å². The third-order valence-electron chi connectivity index (χ3n) is 2.22. The number of hydrogen-bond donors (Lipinski definition) is 0. The summed E-state index contributed by atoms with van der Waals surface area (Å²) in [6.07, 6.45) is 5.23. The molecule has 0 atom stereocenters. The minimum Gasteiger partial charge on any atom is -0.492 e. The highest BCUT2D eigenvalue weighted by atomic mass is 16.5. The summed E-state index contributed by atoms with van der Waals surface area (Å²) < 4.78 is 5.57. The summed E-state index contributed by atoms with van der Waals surface area (Å²) in [6.45, 7) is 16.5. The standard InChI is InChI=1S/C11H17NO.C4H8.C2H6/c1-4-5-8-13-11-7-6-9(2)12-10(11)3;1-3-4-2;1-2/h6-7H,4-5,8H2,1-3H3;3H,1,4H2,2H3;1-2H3. The predicted octanol–water partition coefficient (Wildman–Crippen LogP) is 5.49. The summed E-state index contributed by atoms with van der Waals surface area (Å²) in [7, 11) is 0. The lowest BCUT2D eigenvalue weighted by Gasteiger charge is -2.07. The Morgan fingerprint density at radius 2 is 1.79 bits per heavy atom. The second-order valence-corrected chi connectivity index (χ2v) is 3.94. The van der Waals surface area contributed by atoms with Gasteiger partial charge in [-0.1, -0.05) is 40.2 Å². The highest BCUT2D eigenvalue weighted by Crippen LogP contribution is 2.15. The van der Waals surface area contributed by atoms with E-state index in [1.165, 1.54) is 6.42 Å². The molecule has 0 radical (unpaired) electrons. The fourth-order valence-electron chi connectivity index (χ4n) is 1.15. The summed E-state index contributed by atoms with van der Waals surface area (Å²) >= 11 is 0. The number of rotatable bonds is 5. The smallest absolute Gasteiger partial charge is 0.140 e. The van der Waals surface area contributed by atoms with Gasteiger partial charge in [-0.25, -0.2) is 0 Å². The number of allylic oxidation sites excluding steroid dienone is 1. The Hall–Kier alpha value is -1.31. The van der Waals surface area contributed by atoms with E-state index in [1.807, 2.05) is 45.9 Å². The van der Waals surface area contributed by atoms with Crippen molar-refractivity contribution in [1.29, 1.82) is 0 Å². The highest BCUT2D eigenvalue weighted by Gasteiger charge is 1.99. The molecule has 0 aliphatic carbocycles. The summed E-state index contributed by atoms with van der Waals surface area (Å²) in [5.74, 6) is 0.916. The molecule has 0 unspecified atom stereocenters. The Labute approximate surface area is 119 Å². The average molecular weight is 265 g/mol. The number of unbranched alkanes of at least 4 members (excludes halogenated alkanes) is 1. The third-order valence-corrected chi connectivity index (χ3v) is 2.22. The fraction of sp³-hybridized carbons (Fsp3) is 0.588. The zero-order valence-electron chi connectivity index (χ0n) is 13.6. The van der Waals surface area contributed by atoms with E-state index < -0.39 is 0 Å². The van der Waals surface area contributed by atoms with Gasteiger partial charge in [0, 0.05) is 5.69 Å². The Bertz CT molecular complexity index is 321. The van der Waals surface area contributed by atoms with Crippen LogP contribution in [-0.2, 0) is 0 Å². The van der Waals surface area contributed by atoms with Crippen molar-refractivity contribution in [3.8, 4) is 5.75 Å². The lowest BCUT2D eigenvalue weighted by Crippen LogP contribution is -1.99. The summed E-state index contributed by atoms with van der Waals surface area (Å²) in [6, 6.07) is 3.97. The molecule has 1 aromatic heterocycles. The molecule has 0 saturated heterocycles. The van der Waals surface area contributed by atoms with Gasteiger partial charge in [-0.2, -0.15) is 0 Å². The Morgan fingerprint density at radius 1 is 1.21 bits per heavy atom. The molecule has 1 heterocycles. The number of nitrogens with zero attached hydrogens (tertiary/aromatic N) is 1. The maximum Gasteiger partial charge on any atom is 0.140 e. The molecule has 0 fully saturated rings. The third kappa shape index (κ3) is 11.5. The van der Waals surface area contributed by atoms with Gasteiger partial charge in [0.15, 0.2) is 0 Å². The lowest BCUT2D eigenvalue weighted by atomic mass is 10.3. The van der Waals surface area contributed by atoms with Crippen LogP contribution in [0.2, 0.25) is 0 Å². The van der Waals surface area contributed by atoms with Gasteiger partial charge >= 0.3 is 0 Å². The van der Waals surface area contributed by atoms with Crippen molar-refractivity contribution in [2.24, 2.45) is 0 Å². The van der Waals surface area contributed by atoms with Gasteiger partial charge in [0.25, 0.3) is 0 Å². The molecule has 0 amide bonds. The Morgan fingerprint density at radius 3 is 2.21 bits per heavy atom. The number of ether oxygens (including phenoxy) is 1. The quantitative estimate of drug-likeness (QED) is 0.519. The van der Waals surface area contributed by atoms with Gasteiger partial charge in [0.1, 0.15) is 5.75 Å². The van der Waals surface area contributed by atoms with Crippen LogP contribution in [0.3, 0.4) is 0 Å². The number of aryl methyl sites for hydroxylation is 2. The zero-order valence-corrected chi connectivity index (χ0v) is 13.6. The molecule has 0 spiro atoms. The molecule has 2 nitrogen and oxygen atoms in total. The van der Waals surface area contributed by atoms with Crippen LogP contribution < -0.4 is 4.74 Å². The molecule has 0 bridgehead atoms. The van der Waals surface area contributed by atoms with Crippen LogP contribution in [0.1, 0.15) is 58.3 Å². The minimum absolute atomic E-state index is 0.794. The van der Waals surface area contributed by atoms with Crippen molar-refractivity contribution in [2.75, 3.05) is 6.61 Å². The molecular formula is C17H31NO. The number of pyridine rings is 1. The van der Waals surface area contributed by atoms with Gasteiger partial charge in [0.2, 0.25) is 0 Å². The van der Waals surface area contributed by atoms with E-state index in [0.717, 1.165) is 36.6 Å². The van der Waals surface area contributed by atoms with Gasteiger partial charge in [-0.15, -0.1) is 6.58 Å². The van der Waals surface area contributed by atoms with E-state index in [-0.39, 0.29) is 0 Å². The molecule has 0 aromatic carbocycles. The van der Waals surface area contributed by atoms with Crippen molar-refractivity contribution >= 4 is 0 Å². The van der Waals surface area contributed by atoms with Crippen LogP contribution in [0.5, 0.6) is 5.75 Å². The van der Waals surface area contributed by atoms with Crippen molar-refractivity contribution < 1.29 is 4.74 Å². The first kappa shape index (κ1) is 20.0. The first-order chi connectivity index (χ1) is 9.15. The van der Waals surface area contributed by atoms with Crippen molar-refractivity contribution in [1.82, 2.24) is 4.98 Å². The van der Waals surface area contributed by atoms with E-state index in [2.05, 4.69) is 25.4 Å². The molecule has 2 heteroatoms. The second-order valence-electron chi connectivity index (χ2n) is 3.94. The maximum absolute atomic E-state index is 5.57. The van der Waals surface area contributed by atoms with Gasteiger partial charge in [-0.05, 0) is 38.8 Å². The molecule has 110 valence electrons. The maximum atomic E-state index is 5.57. The zero-order chi connectivity index (χ0) is 15.1. The number of aromatic nitrogens is 1. The van der Waals surface area contributed by atoms with Gasteiger partial charge < -0.3 is 4.74 Å². The van der Waals surface area contributed by atoms with E-state index in [1.54, 1.807) is 0 Å².